The maximum Gasteiger partial charge on any atom is 0.306 e. The number of allylic oxidation sites excluding steroid dienone is 17. The van der Waals surface area contributed by atoms with Gasteiger partial charge in [-0.2, -0.15) is 0 Å². The molecule has 1 fully saturated rings. The highest BCUT2D eigenvalue weighted by atomic mass is 16.7. The molecule has 1 aliphatic rings. The fourth-order valence-corrected chi connectivity index (χ4v) is 8.77. The number of nitrogens with one attached hydrogen (secondary N) is 1. The summed E-state index contributed by atoms with van der Waals surface area (Å²) in [6.07, 6.45) is 59.8. The van der Waals surface area contributed by atoms with Crippen molar-refractivity contribution in [3.63, 3.8) is 0 Å². The zero-order valence-electron chi connectivity index (χ0n) is 47.8. The highest BCUT2D eigenvalue weighted by molar-refractivity contribution is 5.80. The van der Waals surface area contributed by atoms with Crippen molar-refractivity contribution in [1.82, 2.24) is 5.32 Å². The van der Waals surface area contributed by atoms with Crippen LogP contribution in [0.25, 0.3) is 0 Å². The second kappa shape index (κ2) is 52.0. The summed E-state index contributed by atoms with van der Waals surface area (Å²) < 4.78 is 17.6. The van der Waals surface area contributed by atoms with Crippen LogP contribution in [0.4, 0.5) is 0 Å². The third-order valence-corrected chi connectivity index (χ3v) is 13.6. The van der Waals surface area contributed by atoms with Crippen LogP contribution in [-0.2, 0) is 23.8 Å². The van der Waals surface area contributed by atoms with E-state index in [4.69, 9.17) is 14.2 Å². The van der Waals surface area contributed by atoms with Crippen molar-refractivity contribution in [1.29, 1.82) is 0 Å². The summed E-state index contributed by atoms with van der Waals surface area (Å²) in [7, 11) is 0. The molecule has 0 aromatic carbocycles. The Morgan fingerprint density at radius 3 is 1.55 bits per heavy atom. The molecule has 8 atom stereocenters. The topological polar surface area (TPSA) is 175 Å². The molecular weight excluding hydrogens is 955 g/mol. The fourth-order valence-electron chi connectivity index (χ4n) is 8.77. The van der Waals surface area contributed by atoms with E-state index in [1.807, 2.05) is 72.9 Å². The molecule has 1 amide bonds. The summed E-state index contributed by atoms with van der Waals surface area (Å²) in [5, 5.41) is 56.9. The van der Waals surface area contributed by atoms with Crippen molar-refractivity contribution in [2.24, 2.45) is 0 Å². The predicted molar refractivity (Wildman–Crippen MR) is 315 cm³/mol. The average Bonchev–Trinajstić information content (AvgIpc) is 3.42. The summed E-state index contributed by atoms with van der Waals surface area (Å²) in [6, 6.07) is -1.05. The van der Waals surface area contributed by atoms with E-state index in [9.17, 15) is 35.1 Å². The van der Waals surface area contributed by atoms with E-state index in [1.165, 1.54) is 96.3 Å². The average molecular weight is 1060 g/mol. The minimum atomic E-state index is -1.63. The largest absolute Gasteiger partial charge is 0.454 e. The molecule has 8 unspecified atom stereocenters. The van der Waals surface area contributed by atoms with E-state index < -0.39 is 67.4 Å². The van der Waals surface area contributed by atoms with Crippen molar-refractivity contribution in [3.8, 4) is 0 Å². The normalized spacial score (nSPS) is 19.9. The summed E-state index contributed by atoms with van der Waals surface area (Å²) in [6.45, 7) is 5.57. The molecule has 1 rings (SSSR count). The van der Waals surface area contributed by atoms with Gasteiger partial charge in [0.05, 0.1) is 25.4 Å². The SMILES string of the molecule is CC\C=C/C=C/C=C/C=C\C=C\C=C\CCCCC(O)C(=O)NC(COC1OC(CO)C(O)C(O)C1OC(=O)CCCCCCCCCCC/C=C\C/C=C\CCCCC)C(O)/C=C/CCCCCCCCCCCC. The van der Waals surface area contributed by atoms with Gasteiger partial charge < -0.3 is 45.1 Å². The number of carbonyl (C=O) groups excluding carboxylic acids is 2. The lowest BCUT2D eigenvalue weighted by molar-refractivity contribution is -0.305. The Labute approximate surface area is 462 Å². The number of ether oxygens (including phenoxy) is 3. The zero-order valence-corrected chi connectivity index (χ0v) is 47.8. The highest BCUT2D eigenvalue weighted by Crippen LogP contribution is 2.26. The molecule has 1 saturated heterocycles. The van der Waals surface area contributed by atoms with Gasteiger partial charge in [-0.05, 0) is 77.0 Å². The van der Waals surface area contributed by atoms with Gasteiger partial charge in [-0.15, -0.1) is 0 Å². The lowest BCUT2D eigenvalue weighted by Gasteiger charge is -2.41. The Balaban J connectivity index is 2.73. The summed E-state index contributed by atoms with van der Waals surface area (Å²) in [5.41, 5.74) is 0. The first-order valence-electron chi connectivity index (χ1n) is 30.2. The Hall–Kier alpha value is -3.68. The molecule has 76 heavy (non-hydrogen) atoms. The molecule has 11 nitrogen and oxygen atoms in total. The van der Waals surface area contributed by atoms with Gasteiger partial charge in [-0.3, -0.25) is 9.59 Å². The highest BCUT2D eigenvalue weighted by Gasteiger charge is 2.47. The van der Waals surface area contributed by atoms with Crippen molar-refractivity contribution < 1.29 is 49.3 Å². The number of rotatable bonds is 49. The third kappa shape index (κ3) is 39.6. The Kier molecular flexibility index (Phi) is 48.2. The van der Waals surface area contributed by atoms with Gasteiger partial charge in [0.1, 0.15) is 24.4 Å². The second-order valence-corrected chi connectivity index (χ2v) is 20.5. The smallest absolute Gasteiger partial charge is 0.306 e. The van der Waals surface area contributed by atoms with Crippen LogP contribution in [0.1, 0.15) is 226 Å². The van der Waals surface area contributed by atoms with E-state index in [2.05, 4.69) is 56.5 Å². The third-order valence-electron chi connectivity index (χ3n) is 13.6. The number of amides is 1. The van der Waals surface area contributed by atoms with E-state index in [0.717, 1.165) is 83.5 Å². The number of aliphatic hydroxyl groups is 5. The molecule has 0 aromatic heterocycles. The first-order valence-corrected chi connectivity index (χ1v) is 30.2. The maximum atomic E-state index is 13.4. The van der Waals surface area contributed by atoms with Gasteiger partial charge in [0, 0.05) is 6.42 Å². The monoisotopic (exact) mass is 1060 g/mol. The Morgan fingerprint density at radius 2 is 1.00 bits per heavy atom. The lowest BCUT2D eigenvalue weighted by atomic mass is 9.99. The van der Waals surface area contributed by atoms with Crippen LogP contribution >= 0.6 is 0 Å². The Morgan fingerprint density at radius 1 is 0.539 bits per heavy atom. The van der Waals surface area contributed by atoms with Crippen molar-refractivity contribution in [2.45, 2.75) is 275 Å². The molecule has 11 heteroatoms. The van der Waals surface area contributed by atoms with Crippen LogP contribution in [0.3, 0.4) is 0 Å². The quantitative estimate of drug-likeness (QED) is 0.0149. The number of aliphatic hydroxyl groups excluding tert-OH is 5. The fraction of sp³-hybridized carbons (Fsp3) is 0.692. The minimum Gasteiger partial charge on any atom is -0.454 e. The van der Waals surface area contributed by atoms with Crippen LogP contribution in [-0.4, -0.2) is 99.6 Å². The van der Waals surface area contributed by atoms with Gasteiger partial charge >= 0.3 is 5.97 Å². The summed E-state index contributed by atoms with van der Waals surface area (Å²) >= 11 is 0. The van der Waals surface area contributed by atoms with Gasteiger partial charge in [0.15, 0.2) is 12.4 Å². The van der Waals surface area contributed by atoms with Crippen LogP contribution in [0.15, 0.2) is 109 Å². The number of carbonyl (C=O) groups is 2. The van der Waals surface area contributed by atoms with Crippen LogP contribution < -0.4 is 5.32 Å². The molecule has 1 aliphatic heterocycles. The first-order chi connectivity index (χ1) is 37.2. The molecule has 0 spiro atoms. The molecule has 0 saturated carbocycles. The summed E-state index contributed by atoms with van der Waals surface area (Å²) in [5.74, 6) is -1.25. The van der Waals surface area contributed by atoms with Gasteiger partial charge in [-0.1, -0.05) is 252 Å². The molecule has 6 N–H and O–H groups in total. The lowest BCUT2D eigenvalue weighted by Crippen LogP contribution is -2.61. The number of unbranched alkanes of at least 4 members (excludes halogenated alkanes) is 24. The van der Waals surface area contributed by atoms with E-state index in [0.29, 0.717) is 12.8 Å². The molecule has 0 radical (unpaired) electrons. The van der Waals surface area contributed by atoms with E-state index in [-0.39, 0.29) is 19.4 Å². The van der Waals surface area contributed by atoms with Crippen LogP contribution in [0, 0.1) is 0 Å². The molecular formula is C65H109NO10. The van der Waals surface area contributed by atoms with Crippen molar-refractivity contribution in [2.75, 3.05) is 13.2 Å². The maximum absolute atomic E-state index is 13.4. The number of esters is 1. The molecule has 0 bridgehead atoms. The second-order valence-electron chi connectivity index (χ2n) is 20.5. The van der Waals surface area contributed by atoms with Crippen LogP contribution in [0.5, 0.6) is 0 Å². The predicted octanol–water partition coefficient (Wildman–Crippen LogP) is 14.1. The minimum absolute atomic E-state index is 0.107. The van der Waals surface area contributed by atoms with Crippen molar-refractivity contribution >= 4 is 11.9 Å². The van der Waals surface area contributed by atoms with Crippen LogP contribution in [0.2, 0.25) is 0 Å². The van der Waals surface area contributed by atoms with Crippen molar-refractivity contribution in [3.05, 3.63) is 109 Å². The standard InChI is InChI=1S/C65H109NO10/c1-4-7-10-13-16-19-22-25-27-29-30-31-33-35-38-41-44-47-50-53-60(70)76-63-62(72)61(71)59(54-67)75-65(63)74-55-56(57(68)51-48-45-42-39-36-24-21-18-15-12-9-6-3)66-64(73)58(69)52-49-46-43-40-37-34-32-28-26-23-20-17-14-11-8-5-2/h8,11,14,16-17,19-20,23,25-28,32,34,37,40,48,51,56-59,61-63,65,67-69,71-72H,4-7,9-10,12-13,15,18,21-22,24,29-31,33,35-36,38-39,41-47,49-50,52-55H2,1-3H3,(H,66,73)/b11-8-,17-14+,19-16-,23-20+,27-25-,28-26-,34-32+,40-37+,51-48+. The summed E-state index contributed by atoms with van der Waals surface area (Å²) in [4.78, 5) is 26.5. The first kappa shape index (κ1) is 70.3. The van der Waals surface area contributed by atoms with Gasteiger partial charge in [0.25, 0.3) is 0 Å². The molecule has 0 aromatic rings. The van der Waals surface area contributed by atoms with Gasteiger partial charge in [-0.25, -0.2) is 0 Å². The Bertz CT molecular complexity index is 1650. The van der Waals surface area contributed by atoms with Gasteiger partial charge in [0.2, 0.25) is 5.91 Å². The zero-order chi connectivity index (χ0) is 55.4. The number of hydrogen-bond donors (Lipinski definition) is 6. The number of hydrogen-bond acceptors (Lipinski definition) is 10. The van der Waals surface area contributed by atoms with E-state index >= 15 is 0 Å². The van der Waals surface area contributed by atoms with E-state index in [1.54, 1.807) is 6.08 Å². The molecule has 0 aliphatic carbocycles. The molecule has 1 heterocycles. The molecule has 434 valence electrons.